The van der Waals surface area contributed by atoms with Crippen LogP contribution in [-0.2, 0) is 19.7 Å². The number of nitrogens with zero attached hydrogens (tertiary/aromatic N) is 1. The van der Waals surface area contributed by atoms with Crippen molar-refractivity contribution in [2.75, 3.05) is 20.3 Å². The lowest BCUT2D eigenvalue weighted by molar-refractivity contribution is -0.153. The largest absolute Gasteiger partial charge is 0.497 e. The summed E-state index contributed by atoms with van der Waals surface area (Å²) in [5, 5.41) is 9.76. The van der Waals surface area contributed by atoms with Gasteiger partial charge >= 0.3 is 5.97 Å². The highest BCUT2D eigenvalue weighted by molar-refractivity contribution is 5.77. The van der Waals surface area contributed by atoms with E-state index in [0.717, 1.165) is 11.3 Å². The van der Waals surface area contributed by atoms with Gasteiger partial charge < -0.3 is 14.2 Å². The molecule has 1 aromatic carbocycles. The molecule has 0 N–H and O–H groups in total. The molecule has 2 rings (SSSR count). The highest BCUT2D eigenvalue weighted by Gasteiger charge is 2.51. The van der Waals surface area contributed by atoms with Crippen LogP contribution in [0.25, 0.3) is 0 Å². The van der Waals surface area contributed by atoms with Crippen molar-refractivity contribution in [1.82, 2.24) is 0 Å². The number of nitriles is 1. The lowest BCUT2D eigenvalue weighted by Crippen LogP contribution is -2.50. The monoisotopic (exact) mass is 331 g/mol. The van der Waals surface area contributed by atoms with Crippen molar-refractivity contribution in [3.8, 4) is 11.8 Å². The highest BCUT2D eigenvalue weighted by Crippen LogP contribution is 2.47. The minimum atomic E-state index is -0.867. The summed E-state index contributed by atoms with van der Waals surface area (Å²) in [6.07, 6.45) is 1.17. The summed E-state index contributed by atoms with van der Waals surface area (Å²) in [4.78, 5) is 12.5. The first-order valence-corrected chi connectivity index (χ1v) is 8.23. The lowest BCUT2D eigenvalue weighted by atomic mass is 9.62. The van der Waals surface area contributed by atoms with E-state index >= 15 is 0 Å². The Labute approximate surface area is 143 Å². The van der Waals surface area contributed by atoms with Gasteiger partial charge in [-0.3, -0.25) is 4.79 Å². The average molecular weight is 331 g/mol. The third-order valence-corrected chi connectivity index (χ3v) is 4.65. The number of carbonyl (C=O) groups is 1. The lowest BCUT2D eigenvalue weighted by Gasteiger charge is -2.46. The van der Waals surface area contributed by atoms with Crippen LogP contribution in [-0.4, -0.2) is 31.9 Å². The van der Waals surface area contributed by atoms with Gasteiger partial charge in [-0.15, -0.1) is 0 Å². The molecule has 0 amide bonds. The number of ether oxygens (including phenoxy) is 3. The molecule has 5 nitrogen and oxygen atoms in total. The molecule has 1 aromatic rings. The van der Waals surface area contributed by atoms with E-state index in [9.17, 15) is 10.1 Å². The quantitative estimate of drug-likeness (QED) is 0.775. The second-order valence-electron chi connectivity index (χ2n) is 6.73. The molecule has 0 unspecified atom stereocenters. The number of esters is 1. The maximum absolute atomic E-state index is 12.5. The zero-order chi connectivity index (χ0) is 17.8. The van der Waals surface area contributed by atoms with Gasteiger partial charge in [-0.05, 0) is 51.3 Å². The molecular formula is C19H25NO4. The van der Waals surface area contributed by atoms with Crippen LogP contribution in [0.2, 0.25) is 0 Å². The van der Waals surface area contributed by atoms with Gasteiger partial charge in [0.05, 0.1) is 25.4 Å². The summed E-state index contributed by atoms with van der Waals surface area (Å²) in [5.41, 5.74) is -0.103. The summed E-state index contributed by atoms with van der Waals surface area (Å²) in [6, 6.07) is 9.79. The first-order valence-electron chi connectivity index (χ1n) is 8.23. The fraction of sp³-hybridized carbons (Fsp3) is 0.579. The Morgan fingerprint density at radius 3 is 2.54 bits per heavy atom. The standard InChI is InChI=1S/C19H25NO4/c1-5-23-17(21)16(12-20)19(10-11-24-18(2,3)13-19)14-6-8-15(22-4)9-7-14/h6-9,16H,5,10-11,13H2,1-4H3/t16-,19-/m0/s1. The first-order chi connectivity index (χ1) is 11.4. The van der Waals surface area contributed by atoms with Crippen molar-refractivity contribution >= 4 is 5.97 Å². The minimum absolute atomic E-state index is 0.260. The zero-order valence-corrected chi connectivity index (χ0v) is 14.8. The predicted molar refractivity (Wildman–Crippen MR) is 89.7 cm³/mol. The fourth-order valence-electron chi connectivity index (χ4n) is 3.62. The van der Waals surface area contributed by atoms with Crippen LogP contribution in [0.1, 0.15) is 39.2 Å². The van der Waals surface area contributed by atoms with Gasteiger partial charge in [0.25, 0.3) is 0 Å². The van der Waals surface area contributed by atoms with Crippen LogP contribution < -0.4 is 4.74 Å². The van der Waals surface area contributed by atoms with Crippen LogP contribution in [0.5, 0.6) is 5.75 Å². The van der Waals surface area contributed by atoms with Gasteiger partial charge in [0, 0.05) is 12.0 Å². The van der Waals surface area contributed by atoms with Gasteiger partial charge in [-0.2, -0.15) is 5.26 Å². The Bertz CT molecular complexity index is 617. The second kappa shape index (κ2) is 7.23. The van der Waals surface area contributed by atoms with Gasteiger partial charge in [0.1, 0.15) is 5.75 Å². The fourth-order valence-corrected chi connectivity index (χ4v) is 3.62. The number of methoxy groups -OCH3 is 1. The molecule has 0 spiro atoms. The van der Waals surface area contributed by atoms with Crippen LogP contribution in [0.4, 0.5) is 0 Å². The molecule has 0 saturated carbocycles. The Morgan fingerprint density at radius 2 is 2.04 bits per heavy atom. The van der Waals surface area contributed by atoms with E-state index in [1.165, 1.54) is 0 Å². The Hall–Kier alpha value is -2.06. The normalized spacial score (nSPS) is 23.8. The SMILES string of the molecule is CCOC(=O)[C@H](C#N)[C@@]1(c2ccc(OC)cc2)CCOC(C)(C)C1. The van der Waals surface area contributed by atoms with E-state index < -0.39 is 22.9 Å². The van der Waals surface area contributed by atoms with Crippen molar-refractivity contribution in [3.05, 3.63) is 29.8 Å². The third kappa shape index (κ3) is 3.54. The molecule has 130 valence electrons. The number of benzene rings is 1. The summed E-state index contributed by atoms with van der Waals surface area (Å²) >= 11 is 0. The predicted octanol–water partition coefficient (Wildman–Crippen LogP) is 3.22. The molecule has 24 heavy (non-hydrogen) atoms. The molecular weight excluding hydrogens is 306 g/mol. The molecule has 1 saturated heterocycles. The number of hydrogen-bond acceptors (Lipinski definition) is 5. The maximum atomic E-state index is 12.5. The molecule has 0 bridgehead atoms. The van der Waals surface area contributed by atoms with Crippen LogP contribution in [0.15, 0.2) is 24.3 Å². The van der Waals surface area contributed by atoms with E-state index in [4.69, 9.17) is 14.2 Å². The maximum Gasteiger partial charge on any atom is 0.324 e. The van der Waals surface area contributed by atoms with Gasteiger partial charge in [0.15, 0.2) is 5.92 Å². The molecule has 2 atom stereocenters. The molecule has 1 heterocycles. The molecule has 0 aliphatic carbocycles. The highest BCUT2D eigenvalue weighted by atomic mass is 16.5. The molecule has 1 aliphatic rings. The summed E-state index contributed by atoms with van der Waals surface area (Å²) in [5.74, 6) is -0.590. The van der Waals surface area contributed by atoms with Gasteiger partial charge in [-0.1, -0.05) is 12.1 Å². The molecule has 5 heteroatoms. The number of rotatable bonds is 5. The van der Waals surface area contributed by atoms with Crippen molar-refractivity contribution in [2.45, 2.75) is 44.6 Å². The van der Waals surface area contributed by atoms with Crippen LogP contribution in [0.3, 0.4) is 0 Å². The Morgan fingerprint density at radius 1 is 1.38 bits per heavy atom. The van der Waals surface area contributed by atoms with Crippen molar-refractivity contribution in [2.24, 2.45) is 5.92 Å². The number of hydrogen-bond donors (Lipinski definition) is 0. The Balaban J connectivity index is 2.51. The average Bonchev–Trinajstić information content (AvgIpc) is 2.55. The van der Waals surface area contributed by atoms with E-state index in [-0.39, 0.29) is 6.61 Å². The van der Waals surface area contributed by atoms with E-state index in [2.05, 4.69) is 6.07 Å². The topological polar surface area (TPSA) is 68.6 Å². The smallest absolute Gasteiger partial charge is 0.324 e. The summed E-state index contributed by atoms with van der Waals surface area (Å²) in [7, 11) is 1.61. The first kappa shape index (κ1) is 18.3. The molecule has 0 radical (unpaired) electrons. The van der Waals surface area contributed by atoms with Crippen molar-refractivity contribution in [1.29, 1.82) is 5.26 Å². The van der Waals surface area contributed by atoms with Gasteiger partial charge in [-0.25, -0.2) is 0 Å². The van der Waals surface area contributed by atoms with Crippen LogP contribution in [0, 0.1) is 17.2 Å². The van der Waals surface area contributed by atoms with E-state index in [1.54, 1.807) is 14.0 Å². The third-order valence-electron chi connectivity index (χ3n) is 4.65. The summed E-state index contributed by atoms with van der Waals surface area (Å²) in [6.45, 7) is 6.49. The zero-order valence-electron chi connectivity index (χ0n) is 14.8. The second-order valence-corrected chi connectivity index (χ2v) is 6.73. The molecule has 1 fully saturated rings. The van der Waals surface area contributed by atoms with Crippen LogP contribution >= 0.6 is 0 Å². The van der Waals surface area contributed by atoms with Gasteiger partial charge in [0.2, 0.25) is 0 Å². The van der Waals surface area contributed by atoms with E-state index in [0.29, 0.717) is 19.4 Å². The van der Waals surface area contributed by atoms with E-state index in [1.807, 2.05) is 38.1 Å². The Kier molecular flexibility index (Phi) is 5.51. The number of carbonyl (C=O) groups excluding carboxylic acids is 1. The summed E-state index contributed by atoms with van der Waals surface area (Å²) < 4.78 is 16.2. The minimum Gasteiger partial charge on any atom is -0.497 e. The van der Waals surface area contributed by atoms with Crippen molar-refractivity contribution < 1.29 is 19.0 Å². The molecule has 1 aliphatic heterocycles. The van der Waals surface area contributed by atoms with Crippen molar-refractivity contribution in [3.63, 3.8) is 0 Å². The molecule has 0 aromatic heterocycles.